The largest absolute Gasteiger partial charge is 0.311 e. The summed E-state index contributed by atoms with van der Waals surface area (Å²) in [5.74, 6) is 0.566. The molecule has 0 aliphatic heterocycles. The molecule has 0 spiro atoms. The number of rotatable bonds is 5. The first-order valence-electron chi connectivity index (χ1n) is 6.06. The lowest BCUT2D eigenvalue weighted by atomic mass is 10.0. The van der Waals surface area contributed by atoms with Gasteiger partial charge in [0, 0.05) is 18.0 Å². The molecule has 1 aromatic heterocycles. The molecule has 0 fully saturated rings. The summed E-state index contributed by atoms with van der Waals surface area (Å²) in [4.78, 5) is 1.45. The molecule has 1 N–H and O–H groups in total. The highest BCUT2D eigenvalue weighted by molar-refractivity contribution is 7.10. The first-order valence-corrected chi connectivity index (χ1v) is 6.94. The minimum Gasteiger partial charge on any atom is -0.311 e. The Morgan fingerprint density at radius 2 is 1.94 bits per heavy atom. The van der Waals surface area contributed by atoms with E-state index in [0.29, 0.717) is 5.92 Å². The SMILES string of the molecule is Cc1ccsc1CNCC(C)c1ccccc1. The van der Waals surface area contributed by atoms with E-state index in [1.807, 2.05) is 11.3 Å². The molecule has 0 radical (unpaired) electrons. The summed E-state index contributed by atoms with van der Waals surface area (Å²) in [6.45, 7) is 6.46. The Balaban J connectivity index is 1.81. The zero-order valence-corrected chi connectivity index (χ0v) is 11.3. The Bertz CT molecular complexity index is 447. The van der Waals surface area contributed by atoms with Gasteiger partial charge in [0.1, 0.15) is 0 Å². The van der Waals surface area contributed by atoms with Crippen LogP contribution in [0.5, 0.6) is 0 Å². The number of hydrogen-bond donors (Lipinski definition) is 1. The fraction of sp³-hybridized carbons (Fsp3) is 0.333. The molecule has 0 aliphatic rings. The van der Waals surface area contributed by atoms with Crippen LogP contribution in [0.4, 0.5) is 0 Å². The van der Waals surface area contributed by atoms with Crippen LogP contribution >= 0.6 is 11.3 Å². The van der Waals surface area contributed by atoms with Crippen molar-refractivity contribution in [3.05, 3.63) is 57.8 Å². The maximum absolute atomic E-state index is 3.54. The molecule has 17 heavy (non-hydrogen) atoms. The Morgan fingerprint density at radius 3 is 2.59 bits per heavy atom. The molecule has 0 bridgehead atoms. The molecule has 0 saturated heterocycles. The Hall–Kier alpha value is -1.12. The van der Waals surface area contributed by atoms with Gasteiger partial charge in [-0.1, -0.05) is 37.3 Å². The monoisotopic (exact) mass is 245 g/mol. The van der Waals surface area contributed by atoms with Crippen LogP contribution in [0.2, 0.25) is 0 Å². The maximum atomic E-state index is 3.54. The van der Waals surface area contributed by atoms with Gasteiger partial charge in [0.15, 0.2) is 0 Å². The summed E-state index contributed by atoms with van der Waals surface area (Å²) >= 11 is 1.83. The first-order chi connectivity index (χ1) is 8.27. The molecule has 1 nitrogen and oxygen atoms in total. The van der Waals surface area contributed by atoms with Crippen molar-refractivity contribution in [3.63, 3.8) is 0 Å². The lowest BCUT2D eigenvalue weighted by Gasteiger charge is -2.12. The second kappa shape index (κ2) is 5.99. The van der Waals surface area contributed by atoms with Crippen molar-refractivity contribution in [1.29, 1.82) is 0 Å². The van der Waals surface area contributed by atoms with Crippen LogP contribution in [0.15, 0.2) is 41.8 Å². The van der Waals surface area contributed by atoms with Crippen molar-refractivity contribution in [2.75, 3.05) is 6.54 Å². The van der Waals surface area contributed by atoms with Gasteiger partial charge in [0.25, 0.3) is 0 Å². The van der Waals surface area contributed by atoms with Gasteiger partial charge in [-0.3, -0.25) is 0 Å². The standard InChI is InChI=1S/C15H19NS/c1-12-8-9-17-15(12)11-16-10-13(2)14-6-4-3-5-7-14/h3-9,13,16H,10-11H2,1-2H3. The van der Waals surface area contributed by atoms with E-state index in [1.54, 1.807) is 0 Å². The summed E-state index contributed by atoms with van der Waals surface area (Å²) < 4.78 is 0. The van der Waals surface area contributed by atoms with Gasteiger partial charge in [0.05, 0.1) is 0 Å². The molecular weight excluding hydrogens is 226 g/mol. The van der Waals surface area contributed by atoms with Crippen molar-refractivity contribution in [2.45, 2.75) is 26.3 Å². The molecule has 2 aromatic rings. The van der Waals surface area contributed by atoms with Crippen LogP contribution in [-0.4, -0.2) is 6.54 Å². The molecule has 0 saturated carbocycles. The van der Waals surface area contributed by atoms with Crippen molar-refractivity contribution in [3.8, 4) is 0 Å². The average molecular weight is 245 g/mol. The summed E-state index contributed by atoms with van der Waals surface area (Å²) in [7, 11) is 0. The third-order valence-corrected chi connectivity index (χ3v) is 4.10. The Labute approximate surface area is 108 Å². The number of nitrogens with one attached hydrogen (secondary N) is 1. The van der Waals surface area contributed by atoms with E-state index in [2.05, 4.69) is 60.9 Å². The van der Waals surface area contributed by atoms with Crippen molar-refractivity contribution < 1.29 is 0 Å². The molecule has 1 aromatic carbocycles. The van der Waals surface area contributed by atoms with Gasteiger partial charge in [-0.05, 0) is 35.4 Å². The fourth-order valence-electron chi connectivity index (χ4n) is 1.89. The second-order valence-electron chi connectivity index (χ2n) is 4.47. The van der Waals surface area contributed by atoms with E-state index in [-0.39, 0.29) is 0 Å². The van der Waals surface area contributed by atoms with Gasteiger partial charge >= 0.3 is 0 Å². The summed E-state index contributed by atoms with van der Waals surface area (Å²) in [5.41, 5.74) is 2.80. The predicted molar refractivity (Wildman–Crippen MR) is 75.6 cm³/mol. The second-order valence-corrected chi connectivity index (χ2v) is 5.47. The quantitative estimate of drug-likeness (QED) is 0.841. The molecule has 0 amide bonds. The Kier molecular flexibility index (Phi) is 4.35. The summed E-state index contributed by atoms with van der Waals surface area (Å²) in [5, 5.41) is 5.70. The number of aryl methyl sites for hydroxylation is 1. The van der Waals surface area contributed by atoms with E-state index < -0.39 is 0 Å². The average Bonchev–Trinajstić information content (AvgIpc) is 2.76. The van der Waals surface area contributed by atoms with Crippen LogP contribution in [-0.2, 0) is 6.54 Å². The van der Waals surface area contributed by atoms with Crippen LogP contribution in [0, 0.1) is 6.92 Å². The topological polar surface area (TPSA) is 12.0 Å². The summed E-state index contributed by atoms with van der Waals surface area (Å²) in [6, 6.07) is 12.9. The maximum Gasteiger partial charge on any atom is 0.0302 e. The van der Waals surface area contributed by atoms with E-state index >= 15 is 0 Å². The lowest BCUT2D eigenvalue weighted by Crippen LogP contribution is -2.19. The van der Waals surface area contributed by atoms with Gasteiger partial charge in [-0.15, -0.1) is 11.3 Å². The third-order valence-electron chi connectivity index (χ3n) is 3.07. The minimum absolute atomic E-state index is 0.566. The van der Waals surface area contributed by atoms with E-state index in [9.17, 15) is 0 Å². The van der Waals surface area contributed by atoms with Gasteiger partial charge in [-0.2, -0.15) is 0 Å². The van der Waals surface area contributed by atoms with Crippen LogP contribution in [0.1, 0.15) is 28.8 Å². The van der Waals surface area contributed by atoms with Gasteiger partial charge < -0.3 is 5.32 Å². The smallest absolute Gasteiger partial charge is 0.0302 e. The van der Waals surface area contributed by atoms with Crippen LogP contribution in [0.3, 0.4) is 0 Å². The highest BCUT2D eigenvalue weighted by Crippen LogP contribution is 2.16. The van der Waals surface area contributed by atoms with Crippen molar-refractivity contribution in [2.24, 2.45) is 0 Å². The van der Waals surface area contributed by atoms with Crippen molar-refractivity contribution >= 4 is 11.3 Å². The Morgan fingerprint density at radius 1 is 1.18 bits per heavy atom. The normalized spacial score (nSPS) is 12.6. The molecule has 1 unspecified atom stereocenters. The molecule has 90 valence electrons. The van der Waals surface area contributed by atoms with Crippen LogP contribution < -0.4 is 5.32 Å². The zero-order chi connectivity index (χ0) is 12.1. The van der Waals surface area contributed by atoms with Crippen molar-refractivity contribution in [1.82, 2.24) is 5.32 Å². The number of benzene rings is 1. The van der Waals surface area contributed by atoms with Gasteiger partial charge in [0.2, 0.25) is 0 Å². The fourth-order valence-corrected chi connectivity index (χ4v) is 2.76. The minimum atomic E-state index is 0.566. The van der Waals surface area contributed by atoms with E-state index in [4.69, 9.17) is 0 Å². The molecule has 1 atom stereocenters. The lowest BCUT2D eigenvalue weighted by molar-refractivity contribution is 0.618. The molecule has 2 heteroatoms. The third kappa shape index (κ3) is 3.42. The van der Waals surface area contributed by atoms with Gasteiger partial charge in [-0.25, -0.2) is 0 Å². The highest BCUT2D eigenvalue weighted by Gasteiger charge is 2.05. The molecule has 0 aliphatic carbocycles. The summed E-state index contributed by atoms with van der Waals surface area (Å²) in [6.07, 6.45) is 0. The zero-order valence-electron chi connectivity index (χ0n) is 10.4. The highest BCUT2D eigenvalue weighted by atomic mass is 32.1. The number of thiophene rings is 1. The first kappa shape index (κ1) is 12.3. The predicted octanol–water partition coefficient (Wildman–Crippen LogP) is 3.95. The molecular formula is C15H19NS. The molecule has 1 heterocycles. The molecule has 2 rings (SSSR count). The van der Waals surface area contributed by atoms with E-state index in [0.717, 1.165) is 13.1 Å². The number of hydrogen-bond acceptors (Lipinski definition) is 2. The van der Waals surface area contributed by atoms with E-state index in [1.165, 1.54) is 16.0 Å². The van der Waals surface area contributed by atoms with Crippen LogP contribution in [0.25, 0.3) is 0 Å².